The van der Waals surface area contributed by atoms with E-state index in [2.05, 4.69) is 4.74 Å². The highest BCUT2D eigenvalue weighted by Gasteiger charge is 2.40. The number of benzene rings is 1. The Hall–Kier alpha value is -2.08. The normalized spacial score (nSPS) is 21.6. The molecule has 6 heteroatoms. The van der Waals surface area contributed by atoms with Gasteiger partial charge < -0.3 is 19.5 Å². The summed E-state index contributed by atoms with van der Waals surface area (Å²) in [7, 11) is 2.74. The summed E-state index contributed by atoms with van der Waals surface area (Å²) in [5, 5.41) is 9.70. The van der Waals surface area contributed by atoms with Gasteiger partial charge in [0.15, 0.2) is 0 Å². The monoisotopic (exact) mass is 279 g/mol. The highest BCUT2D eigenvalue weighted by molar-refractivity contribution is 5.99. The quantitative estimate of drug-likeness (QED) is 0.813. The van der Waals surface area contributed by atoms with Crippen molar-refractivity contribution in [1.29, 1.82) is 0 Å². The zero-order valence-corrected chi connectivity index (χ0v) is 11.4. The first kappa shape index (κ1) is 14.3. The van der Waals surface area contributed by atoms with Crippen LogP contribution >= 0.6 is 0 Å². The summed E-state index contributed by atoms with van der Waals surface area (Å²) < 4.78 is 9.83. The molecular formula is C14H17NO5. The zero-order chi connectivity index (χ0) is 14.7. The summed E-state index contributed by atoms with van der Waals surface area (Å²) in [5.41, 5.74) is 0.359. The van der Waals surface area contributed by atoms with Crippen LogP contribution in [-0.4, -0.2) is 54.8 Å². The predicted octanol–water partition coefficient (Wildman–Crippen LogP) is 0.444. The Morgan fingerprint density at radius 3 is 2.65 bits per heavy atom. The average molecular weight is 279 g/mol. The standard InChI is InChI=1S/C14H17NO5/c1-19-12-6-4-3-5-10(12)13(17)15-8-9(16)7-11(15)14(18)20-2/h3-6,9,11,16H,7-8H2,1-2H3. The smallest absolute Gasteiger partial charge is 0.328 e. The highest BCUT2D eigenvalue weighted by atomic mass is 16.5. The number of amides is 1. The number of aliphatic hydroxyl groups is 1. The van der Waals surface area contributed by atoms with E-state index in [1.807, 2.05) is 0 Å². The van der Waals surface area contributed by atoms with E-state index < -0.39 is 18.1 Å². The lowest BCUT2D eigenvalue weighted by Gasteiger charge is -2.23. The van der Waals surface area contributed by atoms with Crippen molar-refractivity contribution in [3.8, 4) is 5.75 Å². The van der Waals surface area contributed by atoms with Gasteiger partial charge in [0.2, 0.25) is 0 Å². The second-order valence-electron chi connectivity index (χ2n) is 4.59. The molecule has 1 aromatic rings. The summed E-state index contributed by atoms with van der Waals surface area (Å²) in [6.07, 6.45) is -0.536. The molecule has 6 nitrogen and oxygen atoms in total. The Labute approximate surface area is 116 Å². The molecule has 2 rings (SSSR count). The molecule has 1 aliphatic heterocycles. The molecule has 0 bridgehead atoms. The summed E-state index contributed by atoms with van der Waals surface area (Å²) in [6, 6.07) is 6.02. The number of para-hydroxylation sites is 1. The molecule has 1 aliphatic rings. The maximum Gasteiger partial charge on any atom is 0.328 e. The van der Waals surface area contributed by atoms with E-state index >= 15 is 0 Å². The van der Waals surface area contributed by atoms with E-state index in [9.17, 15) is 14.7 Å². The Morgan fingerprint density at radius 1 is 1.30 bits per heavy atom. The van der Waals surface area contributed by atoms with Crippen molar-refractivity contribution in [2.24, 2.45) is 0 Å². The molecular weight excluding hydrogens is 262 g/mol. The van der Waals surface area contributed by atoms with Gasteiger partial charge in [-0.1, -0.05) is 12.1 Å². The average Bonchev–Trinajstić information content (AvgIpc) is 2.87. The fraction of sp³-hybridized carbons (Fsp3) is 0.429. The van der Waals surface area contributed by atoms with Crippen LogP contribution in [-0.2, 0) is 9.53 Å². The second kappa shape index (κ2) is 5.92. The van der Waals surface area contributed by atoms with Gasteiger partial charge in [0.05, 0.1) is 25.9 Å². The fourth-order valence-electron chi connectivity index (χ4n) is 2.37. The number of carbonyl (C=O) groups excluding carboxylic acids is 2. The minimum atomic E-state index is -0.757. The van der Waals surface area contributed by atoms with Crippen LogP contribution in [0.1, 0.15) is 16.8 Å². The lowest BCUT2D eigenvalue weighted by molar-refractivity contribution is -0.145. The maximum atomic E-state index is 12.5. The summed E-state index contributed by atoms with van der Waals surface area (Å²) >= 11 is 0. The van der Waals surface area contributed by atoms with Crippen LogP contribution in [0.3, 0.4) is 0 Å². The van der Waals surface area contributed by atoms with Gasteiger partial charge in [-0.3, -0.25) is 4.79 Å². The summed E-state index contributed by atoms with van der Waals surface area (Å²) in [6.45, 7) is 0.108. The molecule has 2 atom stereocenters. The van der Waals surface area contributed by atoms with Gasteiger partial charge in [-0.15, -0.1) is 0 Å². The van der Waals surface area contributed by atoms with Crippen LogP contribution in [0.4, 0.5) is 0 Å². The van der Waals surface area contributed by atoms with E-state index in [0.29, 0.717) is 11.3 Å². The third kappa shape index (κ3) is 2.60. The first-order chi connectivity index (χ1) is 9.58. The van der Waals surface area contributed by atoms with Gasteiger partial charge in [-0.25, -0.2) is 4.79 Å². The topological polar surface area (TPSA) is 76.1 Å². The third-order valence-electron chi connectivity index (χ3n) is 3.35. The molecule has 0 radical (unpaired) electrons. The molecule has 20 heavy (non-hydrogen) atoms. The Bertz CT molecular complexity index is 516. The van der Waals surface area contributed by atoms with Gasteiger partial charge in [0.25, 0.3) is 5.91 Å². The lowest BCUT2D eigenvalue weighted by atomic mass is 10.1. The van der Waals surface area contributed by atoms with Gasteiger partial charge in [0, 0.05) is 13.0 Å². The largest absolute Gasteiger partial charge is 0.496 e. The molecule has 1 aromatic carbocycles. The highest BCUT2D eigenvalue weighted by Crippen LogP contribution is 2.25. The van der Waals surface area contributed by atoms with Crippen LogP contribution in [0.2, 0.25) is 0 Å². The Kier molecular flexibility index (Phi) is 4.24. The fourth-order valence-corrected chi connectivity index (χ4v) is 2.37. The van der Waals surface area contributed by atoms with Crippen LogP contribution in [0, 0.1) is 0 Å². The number of aliphatic hydroxyl groups excluding tert-OH is 1. The first-order valence-electron chi connectivity index (χ1n) is 6.28. The molecule has 108 valence electrons. The number of methoxy groups -OCH3 is 2. The Morgan fingerprint density at radius 2 is 2.00 bits per heavy atom. The van der Waals surface area contributed by atoms with Crippen LogP contribution in [0.15, 0.2) is 24.3 Å². The molecule has 0 saturated carbocycles. The minimum absolute atomic E-state index is 0.108. The van der Waals surface area contributed by atoms with Crippen molar-refractivity contribution < 1.29 is 24.2 Å². The molecule has 1 heterocycles. The van der Waals surface area contributed by atoms with Crippen LogP contribution in [0.5, 0.6) is 5.75 Å². The molecule has 1 amide bonds. The number of likely N-dealkylation sites (tertiary alicyclic amines) is 1. The van der Waals surface area contributed by atoms with Crippen molar-refractivity contribution in [2.75, 3.05) is 20.8 Å². The van der Waals surface area contributed by atoms with Gasteiger partial charge in [0.1, 0.15) is 11.8 Å². The number of esters is 1. The van der Waals surface area contributed by atoms with Crippen molar-refractivity contribution in [1.82, 2.24) is 4.90 Å². The first-order valence-corrected chi connectivity index (χ1v) is 6.28. The minimum Gasteiger partial charge on any atom is -0.496 e. The van der Waals surface area contributed by atoms with Gasteiger partial charge >= 0.3 is 5.97 Å². The number of hydrogen-bond acceptors (Lipinski definition) is 5. The van der Waals surface area contributed by atoms with E-state index in [1.165, 1.54) is 19.1 Å². The van der Waals surface area contributed by atoms with Crippen LogP contribution < -0.4 is 4.74 Å². The molecule has 2 unspecified atom stereocenters. The molecule has 1 saturated heterocycles. The van der Waals surface area contributed by atoms with E-state index in [4.69, 9.17) is 4.74 Å². The zero-order valence-electron chi connectivity index (χ0n) is 11.4. The second-order valence-corrected chi connectivity index (χ2v) is 4.59. The number of β-amino-alcohol motifs (C(OH)–C–C–N with tert-alkyl or cyclic N) is 1. The lowest BCUT2D eigenvalue weighted by Crippen LogP contribution is -2.41. The third-order valence-corrected chi connectivity index (χ3v) is 3.35. The van der Waals surface area contributed by atoms with E-state index in [0.717, 1.165) is 0 Å². The van der Waals surface area contributed by atoms with Crippen molar-refractivity contribution in [3.63, 3.8) is 0 Å². The van der Waals surface area contributed by atoms with Crippen LogP contribution in [0.25, 0.3) is 0 Å². The number of ether oxygens (including phenoxy) is 2. The summed E-state index contributed by atoms with van der Waals surface area (Å²) in [5.74, 6) is -0.443. The molecule has 1 N–H and O–H groups in total. The number of rotatable bonds is 3. The van der Waals surface area contributed by atoms with Crippen molar-refractivity contribution in [2.45, 2.75) is 18.6 Å². The van der Waals surface area contributed by atoms with Gasteiger partial charge in [-0.05, 0) is 12.1 Å². The maximum absolute atomic E-state index is 12.5. The van der Waals surface area contributed by atoms with Crippen molar-refractivity contribution >= 4 is 11.9 Å². The number of hydrogen-bond donors (Lipinski definition) is 1. The molecule has 0 aliphatic carbocycles. The molecule has 0 aromatic heterocycles. The van der Waals surface area contributed by atoms with E-state index in [-0.39, 0.29) is 18.9 Å². The molecule has 1 fully saturated rings. The van der Waals surface area contributed by atoms with Gasteiger partial charge in [-0.2, -0.15) is 0 Å². The number of nitrogens with zero attached hydrogens (tertiary/aromatic N) is 1. The Balaban J connectivity index is 2.29. The SMILES string of the molecule is COC(=O)C1CC(O)CN1C(=O)c1ccccc1OC. The summed E-state index contributed by atoms with van der Waals surface area (Å²) in [4.78, 5) is 25.6. The molecule has 0 spiro atoms. The van der Waals surface area contributed by atoms with E-state index in [1.54, 1.807) is 24.3 Å². The predicted molar refractivity (Wildman–Crippen MR) is 70.5 cm³/mol. The number of carbonyl (C=O) groups is 2. The van der Waals surface area contributed by atoms with Crippen molar-refractivity contribution in [3.05, 3.63) is 29.8 Å².